The van der Waals surface area contributed by atoms with Crippen LogP contribution in [0.5, 0.6) is 0 Å². The Balaban J connectivity index is 4.91. The second kappa shape index (κ2) is 6.30. The summed E-state index contributed by atoms with van der Waals surface area (Å²) >= 11 is 1.45. The van der Waals surface area contributed by atoms with Crippen molar-refractivity contribution in [2.24, 2.45) is 0 Å². The lowest BCUT2D eigenvalue weighted by atomic mass is 10.0. The largest absolute Gasteiger partial charge is 0.380 e. The van der Waals surface area contributed by atoms with E-state index in [0.717, 1.165) is 4.91 Å². The number of hydrogen-bond donors (Lipinski definition) is 1. The highest BCUT2D eigenvalue weighted by Gasteiger charge is 2.40. The van der Waals surface area contributed by atoms with Gasteiger partial charge in [0.05, 0.1) is 6.10 Å². The maximum Gasteiger partial charge on any atom is 0.239 e. The highest BCUT2D eigenvalue weighted by molar-refractivity contribution is 8.05. The molecule has 0 spiro atoms. The number of allylic oxidation sites excluding steroid dienone is 1. The monoisotopic (exact) mass is 245 g/mol. The molecule has 0 aromatic rings. The summed E-state index contributed by atoms with van der Waals surface area (Å²) in [6.07, 6.45) is -0.173. The van der Waals surface area contributed by atoms with E-state index in [1.165, 1.54) is 11.8 Å². The summed E-state index contributed by atoms with van der Waals surface area (Å²) < 4.78 is 4.66. The normalized spacial score (nSPS) is 16.7. The van der Waals surface area contributed by atoms with Crippen molar-refractivity contribution in [3.05, 3.63) is 11.5 Å². The molecule has 0 aliphatic carbocycles. The summed E-state index contributed by atoms with van der Waals surface area (Å²) in [6.45, 7) is 13.4. The third-order valence-corrected chi connectivity index (χ3v) is 3.68. The van der Waals surface area contributed by atoms with Crippen molar-refractivity contribution >= 4 is 17.7 Å². The Morgan fingerprint density at radius 2 is 1.94 bits per heavy atom. The Bertz CT molecular complexity index is 266. The Hall–Kier alpha value is -0.480. The van der Waals surface area contributed by atoms with Gasteiger partial charge in [-0.15, -0.1) is 11.8 Å². The molecule has 0 heterocycles. The third kappa shape index (κ3) is 4.18. The molecule has 2 unspecified atom stereocenters. The van der Waals surface area contributed by atoms with Crippen LogP contribution < -0.4 is 5.32 Å². The number of nitrogens with one attached hydrogen (secondary N) is 1. The molecule has 16 heavy (non-hydrogen) atoms. The summed E-state index contributed by atoms with van der Waals surface area (Å²) in [6, 6.07) is 0.126. The van der Waals surface area contributed by atoms with Crippen molar-refractivity contribution in [3.8, 4) is 0 Å². The quantitative estimate of drug-likeness (QED) is 0.781. The molecule has 0 aromatic heterocycles. The van der Waals surface area contributed by atoms with Gasteiger partial charge in [0, 0.05) is 13.2 Å². The zero-order valence-corrected chi connectivity index (χ0v) is 11.9. The Morgan fingerprint density at radius 1 is 1.44 bits per heavy atom. The second-order valence-electron chi connectivity index (χ2n) is 4.42. The first-order valence-electron chi connectivity index (χ1n) is 5.42. The molecule has 0 fully saturated rings. The zero-order chi connectivity index (χ0) is 12.9. The van der Waals surface area contributed by atoms with Gasteiger partial charge in [-0.2, -0.15) is 0 Å². The highest BCUT2D eigenvalue weighted by Crippen LogP contribution is 2.35. The van der Waals surface area contributed by atoms with E-state index in [2.05, 4.69) is 11.9 Å². The number of ether oxygens (including phenoxy) is 1. The highest BCUT2D eigenvalue weighted by atomic mass is 32.2. The Morgan fingerprint density at radius 3 is 2.25 bits per heavy atom. The molecule has 4 heteroatoms. The predicted octanol–water partition coefficient (Wildman–Crippen LogP) is 2.57. The van der Waals surface area contributed by atoms with E-state index in [4.69, 9.17) is 4.74 Å². The van der Waals surface area contributed by atoms with Gasteiger partial charge in [-0.05, 0) is 39.5 Å². The number of amides is 1. The summed E-state index contributed by atoms with van der Waals surface area (Å²) in [7, 11) is 1.62. The van der Waals surface area contributed by atoms with Crippen molar-refractivity contribution in [1.82, 2.24) is 5.32 Å². The van der Waals surface area contributed by atoms with Gasteiger partial charge in [-0.3, -0.25) is 4.79 Å². The molecule has 0 bridgehead atoms. The molecule has 0 rings (SSSR count). The first-order valence-corrected chi connectivity index (χ1v) is 6.24. The Labute approximate surface area is 103 Å². The second-order valence-corrected chi connectivity index (χ2v) is 6.17. The average Bonchev–Trinajstić information content (AvgIpc) is 2.14. The number of thioether (sulfide) groups is 1. The fourth-order valence-electron chi connectivity index (χ4n) is 1.31. The lowest BCUT2D eigenvalue weighted by Gasteiger charge is -2.33. The molecule has 0 aromatic carbocycles. The minimum Gasteiger partial charge on any atom is -0.380 e. The van der Waals surface area contributed by atoms with Gasteiger partial charge in [0.2, 0.25) is 5.91 Å². The maximum atomic E-state index is 12.2. The summed E-state index contributed by atoms with van der Waals surface area (Å²) in [5.74, 6) is -0.00940. The van der Waals surface area contributed by atoms with Gasteiger partial charge < -0.3 is 10.1 Å². The number of rotatable bonds is 6. The van der Waals surface area contributed by atoms with Crippen molar-refractivity contribution < 1.29 is 9.53 Å². The first-order chi connectivity index (χ1) is 7.24. The SMILES string of the molecule is C=C(C)SC(C)(C(=O)NC(C)C)C(C)OC. The van der Waals surface area contributed by atoms with Crippen molar-refractivity contribution in [1.29, 1.82) is 0 Å². The molecule has 1 amide bonds. The molecule has 1 N–H and O–H groups in total. The van der Waals surface area contributed by atoms with E-state index < -0.39 is 4.75 Å². The lowest BCUT2D eigenvalue weighted by molar-refractivity contribution is -0.126. The molecule has 2 atom stereocenters. The molecule has 0 saturated carbocycles. The van der Waals surface area contributed by atoms with E-state index >= 15 is 0 Å². The molecule has 3 nitrogen and oxygen atoms in total. The molecule has 0 radical (unpaired) electrons. The Kier molecular flexibility index (Phi) is 6.11. The third-order valence-electron chi connectivity index (χ3n) is 2.39. The van der Waals surface area contributed by atoms with Crippen LogP contribution in [0, 0.1) is 0 Å². The van der Waals surface area contributed by atoms with Crippen LogP contribution in [-0.4, -0.2) is 29.9 Å². The average molecular weight is 245 g/mol. The number of carbonyl (C=O) groups is 1. The number of methoxy groups -OCH3 is 1. The summed E-state index contributed by atoms with van der Waals surface area (Å²) in [5.41, 5.74) is 0. The van der Waals surface area contributed by atoms with E-state index in [0.29, 0.717) is 0 Å². The first kappa shape index (κ1) is 15.5. The van der Waals surface area contributed by atoms with Crippen LogP contribution >= 0.6 is 11.8 Å². The smallest absolute Gasteiger partial charge is 0.239 e. The van der Waals surface area contributed by atoms with Crippen LogP contribution in [0.25, 0.3) is 0 Å². The minimum absolute atomic E-state index is 0.00940. The topological polar surface area (TPSA) is 38.3 Å². The maximum absolute atomic E-state index is 12.2. The van der Waals surface area contributed by atoms with Gasteiger partial charge in [0.25, 0.3) is 0 Å². The fourth-order valence-corrected chi connectivity index (χ4v) is 2.44. The summed E-state index contributed by atoms with van der Waals surface area (Å²) in [5, 5.41) is 2.92. The lowest BCUT2D eigenvalue weighted by Crippen LogP contribution is -2.51. The van der Waals surface area contributed by atoms with Crippen molar-refractivity contribution in [2.75, 3.05) is 7.11 Å². The van der Waals surface area contributed by atoms with Gasteiger partial charge in [-0.1, -0.05) is 6.58 Å². The van der Waals surface area contributed by atoms with Crippen LogP contribution in [0.3, 0.4) is 0 Å². The molecule has 0 saturated heterocycles. The molecular formula is C12H23NO2S. The van der Waals surface area contributed by atoms with Crippen molar-refractivity contribution in [3.63, 3.8) is 0 Å². The van der Waals surface area contributed by atoms with Crippen LogP contribution in [0.15, 0.2) is 11.5 Å². The van der Waals surface area contributed by atoms with Crippen LogP contribution in [-0.2, 0) is 9.53 Å². The van der Waals surface area contributed by atoms with Gasteiger partial charge >= 0.3 is 0 Å². The van der Waals surface area contributed by atoms with Crippen LogP contribution in [0.2, 0.25) is 0 Å². The van der Waals surface area contributed by atoms with Crippen molar-refractivity contribution in [2.45, 2.75) is 51.5 Å². The fraction of sp³-hybridized carbons (Fsp3) is 0.750. The zero-order valence-electron chi connectivity index (χ0n) is 11.1. The van der Waals surface area contributed by atoms with Gasteiger partial charge in [-0.25, -0.2) is 0 Å². The van der Waals surface area contributed by atoms with E-state index in [9.17, 15) is 4.79 Å². The summed E-state index contributed by atoms with van der Waals surface area (Å²) in [4.78, 5) is 13.1. The van der Waals surface area contributed by atoms with E-state index in [1.54, 1.807) is 7.11 Å². The van der Waals surface area contributed by atoms with Crippen LogP contribution in [0.1, 0.15) is 34.6 Å². The number of hydrogen-bond acceptors (Lipinski definition) is 3. The molecule has 0 aliphatic heterocycles. The number of carbonyl (C=O) groups excluding carboxylic acids is 1. The van der Waals surface area contributed by atoms with E-state index in [1.807, 2.05) is 34.6 Å². The van der Waals surface area contributed by atoms with Gasteiger partial charge in [0.15, 0.2) is 0 Å². The predicted molar refractivity (Wildman–Crippen MR) is 70.6 cm³/mol. The molecule has 0 aliphatic rings. The van der Waals surface area contributed by atoms with E-state index in [-0.39, 0.29) is 18.1 Å². The van der Waals surface area contributed by atoms with Gasteiger partial charge in [0.1, 0.15) is 4.75 Å². The molecule has 94 valence electrons. The molecular weight excluding hydrogens is 222 g/mol. The minimum atomic E-state index is -0.634. The van der Waals surface area contributed by atoms with Crippen LogP contribution in [0.4, 0.5) is 0 Å². The standard InChI is InChI=1S/C12H23NO2S/c1-8(2)13-11(14)12(6,10(5)15-7)16-9(3)4/h8,10H,3H2,1-2,4-7H3,(H,13,14).